The summed E-state index contributed by atoms with van der Waals surface area (Å²) >= 11 is 11.8. The van der Waals surface area contributed by atoms with Gasteiger partial charge in [0.15, 0.2) is 5.75 Å². The SMILES string of the molecule is CC(C)=C(NOc1ccc(Cl)cc1)c1cc(Cl)ccc1NS(=O)(=O)C(F)(F)F. The number of benzene rings is 2. The maximum absolute atomic E-state index is 12.8. The van der Waals surface area contributed by atoms with Crippen molar-refractivity contribution in [3.8, 4) is 5.75 Å². The highest BCUT2D eigenvalue weighted by molar-refractivity contribution is 7.93. The number of rotatable bonds is 6. The lowest BCUT2D eigenvalue weighted by atomic mass is 10.1. The van der Waals surface area contributed by atoms with Crippen molar-refractivity contribution in [2.24, 2.45) is 0 Å². The highest BCUT2D eigenvalue weighted by Gasteiger charge is 2.46. The summed E-state index contributed by atoms with van der Waals surface area (Å²) in [5, 5.41) is 0.686. The second-order valence-corrected chi connectivity index (χ2v) is 8.32. The van der Waals surface area contributed by atoms with Gasteiger partial charge in [0, 0.05) is 15.6 Å². The molecule has 0 amide bonds. The van der Waals surface area contributed by atoms with Crippen LogP contribution in [0.15, 0.2) is 48.0 Å². The molecule has 0 spiro atoms. The van der Waals surface area contributed by atoms with Crippen LogP contribution in [0.2, 0.25) is 10.0 Å². The zero-order valence-electron chi connectivity index (χ0n) is 14.6. The zero-order chi connectivity index (χ0) is 21.1. The molecular formula is C17H15Cl2F3N2O3S. The van der Waals surface area contributed by atoms with Crippen molar-refractivity contribution in [2.45, 2.75) is 19.4 Å². The van der Waals surface area contributed by atoms with Gasteiger partial charge in [0.05, 0.1) is 11.4 Å². The van der Waals surface area contributed by atoms with Gasteiger partial charge in [-0.15, -0.1) is 0 Å². The fraction of sp³-hybridized carbons (Fsp3) is 0.176. The summed E-state index contributed by atoms with van der Waals surface area (Å²) in [7, 11) is -5.62. The average Bonchev–Trinajstić information content (AvgIpc) is 2.57. The maximum atomic E-state index is 12.8. The Morgan fingerprint density at radius 1 is 1.00 bits per heavy atom. The van der Waals surface area contributed by atoms with E-state index in [1.165, 1.54) is 16.9 Å². The second-order valence-electron chi connectivity index (χ2n) is 5.77. The molecular weight excluding hydrogens is 440 g/mol. The van der Waals surface area contributed by atoms with Crippen LogP contribution in [0.1, 0.15) is 19.4 Å². The second kappa shape index (κ2) is 8.50. The third-order valence-corrected chi connectivity index (χ3v) is 4.97. The third kappa shape index (κ3) is 5.46. The van der Waals surface area contributed by atoms with Crippen LogP contribution < -0.4 is 15.0 Å². The van der Waals surface area contributed by atoms with Crippen LogP contribution in [0, 0.1) is 0 Å². The molecule has 0 heterocycles. The number of sulfonamides is 1. The molecule has 0 saturated heterocycles. The molecule has 0 aliphatic rings. The van der Waals surface area contributed by atoms with E-state index in [9.17, 15) is 21.6 Å². The lowest BCUT2D eigenvalue weighted by Gasteiger charge is -2.19. The van der Waals surface area contributed by atoms with Crippen LogP contribution in [-0.4, -0.2) is 13.9 Å². The van der Waals surface area contributed by atoms with Crippen molar-refractivity contribution in [3.63, 3.8) is 0 Å². The number of allylic oxidation sites excluding steroid dienone is 1. The number of hydrogen-bond donors (Lipinski definition) is 2. The number of nitrogens with one attached hydrogen (secondary N) is 2. The molecule has 0 fully saturated rings. The smallest absolute Gasteiger partial charge is 0.382 e. The van der Waals surface area contributed by atoms with Crippen LogP contribution in [0.3, 0.4) is 0 Å². The van der Waals surface area contributed by atoms with Crippen molar-refractivity contribution in [1.29, 1.82) is 0 Å². The average molecular weight is 455 g/mol. The Balaban J connectivity index is 2.40. The van der Waals surface area contributed by atoms with E-state index < -0.39 is 15.5 Å². The fourth-order valence-corrected chi connectivity index (χ4v) is 2.94. The monoisotopic (exact) mass is 454 g/mol. The van der Waals surface area contributed by atoms with Gasteiger partial charge in [0.2, 0.25) is 0 Å². The molecule has 2 N–H and O–H groups in total. The Hall–Kier alpha value is -2.10. The summed E-state index contributed by atoms with van der Waals surface area (Å²) in [6.07, 6.45) is 0. The number of hydrogen-bond acceptors (Lipinski definition) is 4. The highest BCUT2D eigenvalue weighted by Crippen LogP contribution is 2.32. The van der Waals surface area contributed by atoms with Crippen molar-refractivity contribution >= 4 is 44.6 Å². The van der Waals surface area contributed by atoms with Gasteiger partial charge in [0.25, 0.3) is 0 Å². The van der Waals surface area contributed by atoms with Gasteiger partial charge >= 0.3 is 15.5 Å². The molecule has 152 valence electrons. The van der Waals surface area contributed by atoms with Crippen LogP contribution in [-0.2, 0) is 10.0 Å². The molecule has 2 aromatic carbocycles. The lowest BCUT2D eigenvalue weighted by Crippen LogP contribution is -2.30. The minimum Gasteiger partial charge on any atom is -0.382 e. The third-order valence-electron chi connectivity index (χ3n) is 3.38. The molecule has 2 rings (SSSR count). The predicted octanol–water partition coefficient (Wildman–Crippen LogP) is 5.59. The largest absolute Gasteiger partial charge is 0.516 e. The standard InChI is InChI=1S/C17H15Cl2F3N2O3S/c1-10(2)16(23-27-13-6-3-11(18)4-7-13)14-9-12(19)5-8-15(14)24-28(25,26)17(20,21)22/h3-9,23-24H,1-2H3. The van der Waals surface area contributed by atoms with Gasteiger partial charge in [-0.2, -0.15) is 21.6 Å². The molecule has 0 unspecified atom stereocenters. The summed E-state index contributed by atoms with van der Waals surface area (Å²) in [5.41, 5.74) is -2.25. The predicted molar refractivity (Wildman–Crippen MR) is 104 cm³/mol. The quantitative estimate of drug-likeness (QED) is 0.558. The first-order valence-corrected chi connectivity index (χ1v) is 9.89. The summed E-state index contributed by atoms with van der Waals surface area (Å²) in [6, 6.07) is 10.0. The van der Waals surface area contributed by atoms with Gasteiger partial charge in [-0.05, 0) is 61.9 Å². The van der Waals surface area contributed by atoms with Crippen LogP contribution >= 0.6 is 23.2 Å². The summed E-state index contributed by atoms with van der Waals surface area (Å²) in [4.78, 5) is 5.42. The first-order valence-electron chi connectivity index (χ1n) is 7.65. The number of alkyl halides is 3. The highest BCUT2D eigenvalue weighted by atomic mass is 35.5. The summed E-state index contributed by atoms with van der Waals surface area (Å²) < 4.78 is 62.8. The van der Waals surface area contributed by atoms with Gasteiger partial charge in [-0.25, -0.2) is 5.48 Å². The van der Waals surface area contributed by atoms with E-state index in [-0.39, 0.29) is 22.0 Å². The molecule has 0 bridgehead atoms. The molecule has 5 nitrogen and oxygen atoms in total. The normalized spacial score (nSPS) is 11.7. The van der Waals surface area contributed by atoms with E-state index in [1.54, 1.807) is 38.1 Å². The van der Waals surface area contributed by atoms with E-state index in [0.717, 1.165) is 6.07 Å². The van der Waals surface area contributed by atoms with Crippen molar-refractivity contribution in [1.82, 2.24) is 5.48 Å². The minimum atomic E-state index is -5.62. The van der Waals surface area contributed by atoms with Crippen LogP contribution in [0.25, 0.3) is 5.70 Å². The Kier molecular flexibility index (Phi) is 6.74. The molecule has 2 aromatic rings. The van der Waals surface area contributed by atoms with Crippen LogP contribution in [0.4, 0.5) is 18.9 Å². The van der Waals surface area contributed by atoms with Gasteiger partial charge < -0.3 is 4.84 Å². The molecule has 0 aliphatic carbocycles. The van der Waals surface area contributed by atoms with Crippen molar-refractivity contribution in [2.75, 3.05) is 4.72 Å². The van der Waals surface area contributed by atoms with Crippen LogP contribution in [0.5, 0.6) is 5.75 Å². The summed E-state index contributed by atoms with van der Waals surface area (Å²) in [6.45, 7) is 3.33. The molecule has 0 radical (unpaired) electrons. The topological polar surface area (TPSA) is 67.4 Å². The van der Waals surface area contributed by atoms with E-state index in [2.05, 4.69) is 5.48 Å². The number of halogens is 5. The molecule has 0 saturated carbocycles. The van der Waals surface area contributed by atoms with Gasteiger partial charge in [0.1, 0.15) is 0 Å². The Morgan fingerprint density at radius 2 is 1.57 bits per heavy atom. The molecule has 0 aromatic heterocycles. The number of anilines is 1. The Morgan fingerprint density at radius 3 is 2.11 bits per heavy atom. The maximum Gasteiger partial charge on any atom is 0.516 e. The molecule has 11 heteroatoms. The molecule has 0 atom stereocenters. The first-order chi connectivity index (χ1) is 12.9. The molecule has 0 aliphatic heterocycles. The van der Waals surface area contributed by atoms with Gasteiger partial charge in [-0.1, -0.05) is 23.2 Å². The molecule has 28 heavy (non-hydrogen) atoms. The van der Waals surface area contributed by atoms with E-state index in [4.69, 9.17) is 28.0 Å². The van der Waals surface area contributed by atoms with E-state index >= 15 is 0 Å². The first kappa shape index (κ1) is 22.2. The van der Waals surface area contributed by atoms with Crippen molar-refractivity contribution in [3.05, 3.63) is 63.6 Å². The Bertz CT molecular complexity index is 988. The van der Waals surface area contributed by atoms with E-state index in [1.807, 2.05) is 0 Å². The van der Waals surface area contributed by atoms with Gasteiger partial charge in [-0.3, -0.25) is 4.72 Å². The summed E-state index contributed by atoms with van der Waals surface area (Å²) in [5.74, 6) is 0.377. The Labute approximate surface area is 170 Å². The lowest BCUT2D eigenvalue weighted by molar-refractivity contribution is -0.0429. The van der Waals surface area contributed by atoms with Crippen molar-refractivity contribution < 1.29 is 26.4 Å². The zero-order valence-corrected chi connectivity index (χ0v) is 16.9. The fourth-order valence-electron chi connectivity index (χ4n) is 2.05. The number of hydroxylamine groups is 1. The minimum absolute atomic E-state index is 0.0780. The van der Waals surface area contributed by atoms with E-state index in [0.29, 0.717) is 16.3 Å².